The summed E-state index contributed by atoms with van der Waals surface area (Å²) in [6, 6.07) is 4.37. The molecule has 2 N–H and O–H groups in total. The van der Waals surface area contributed by atoms with E-state index in [9.17, 15) is 14.7 Å². The van der Waals surface area contributed by atoms with Crippen LogP contribution >= 0.6 is 0 Å². The summed E-state index contributed by atoms with van der Waals surface area (Å²) in [5, 5.41) is 12.7. The molecule has 1 aliphatic rings. The Morgan fingerprint density at radius 2 is 2.04 bits per heavy atom. The van der Waals surface area contributed by atoms with Crippen LogP contribution in [0.25, 0.3) is 0 Å². The molecule has 1 aromatic rings. The number of methoxy groups -OCH3 is 1. The average molecular weight is 335 g/mol. The molecule has 132 valence electrons. The summed E-state index contributed by atoms with van der Waals surface area (Å²) in [4.78, 5) is 24.1. The van der Waals surface area contributed by atoms with Gasteiger partial charge in [0.05, 0.1) is 7.11 Å². The highest BCUT2D eigenvalue weighted by atomic mass is 16.5. The van der Waals surface area contributed by atoms with Gasteiger partial charge in [-0.25, -0.2) is 4.79 Å². The smallest absolute Gasteiger partial charge is 0.342 e. The molecule has 2 rings (SSSR count). The number of ether oxygens (including phenoxy) is 2. The summed E-state index contributed by atoms with van der Waals surface area (Å²) in [6.45, 7) is 3.96. The van der Waals surface area contributed by atoms with Gasteiger partial charge < -0.3 is 19.9 Å². The van der Waals surface area contributed by atoms with Crippen LogP contribution in [0.5, 0.6) is 11.5 Å². The number of nitrogens with one attached hydrogen (secondary N) is 1. The van der Waals surface area contributed by atoms with Crippen molar-refractivity contribution < 1.29 is 24.2 Å². The molecule has 0 aromatic heterocycles. The number of rotatable bonds is 5. The van der Waals surface area contributed by atoms with Crippen LogP contribution < -0.4 is 10.1 Å². The van der Waals surface area contributed by atoms with E-state index < -0.39 is 5.97 Å². The monoisotopic (exact) mass is 335 g/mol. The zero-order valence-corrected chi connectivity index (χ0v) is 14.4. The Hall–Kier alpha value is -2.24. The molecule has 0 spiro atoms. The van der Waals surface area contributed by atoms with Crippen molar-refractivity contribution in [3.63, 3.8) is 0 Å². The van der Waals surface area contributed by atoms with Crippen molar-refractivity contribution >= 4 is 11.9 Å². The first-order valence-corrected chi connectivity index (χ1v) is 8.26. The Balaban J connectivity index is 1.88. The van der Waals surface area contributed by atoms with Crippen molar-refractivity contribution in [2.24, 2.45) is 11.8 Å². The number of benzene rings is 1. The fourth-order valence-electron chi connectivity index (χ4n) is 3.05. The van der Waals surface area contributed by atoms with Crippen molar-refractivity contribution in [1.29, 1.82) is 0 Å². The van der Waals surface area contributed by atoms with Crippen LogP contribution in [0.2, 0.25) is 0 Å². The highest BCUT2D eigenvalue weighted by molar-refractivity contribution is 5.94. The molecule has 0 bridgehead atoms. The number of amides is 1. The summed E-state index contributed by atoms with van der Waals surface area (Å²) in [7, 11) is 1.46. The van der Waals surface area contributed by atoms with Gasteiger partial charge in [-0.15, -0.1) is 0 Å². The first-order chi connectivity index (χ1) is 11.4. The van der Waals surface area contributed by atoms with Gasteiger partial charge in [0.25, 0.3) is 5.91 Å². The SMILES string of the molecule is COc1ccc(O)c(C(=O)OCC(=O)N[C@@H]2CCC[C@H](C)[C@H]2C)c1. The van der Waals surface area contributed by atoms with Crippen molar-refractivity contribution in [3.05, 3.63) is 23.8 Å². The maximum atomic E-state index is 12.0. The zero-order chi connectivity index (χ0) is 17.7. The summed E-state index contributed by atoms with van der Waals surface area (Å²) < 4.78 is 10.0. The number of aromatic hydroxyl groups is 1. The van der Waals surface area contributed by atoms with E-state index in [2.05, 4.69) is 19.2 Å². The van der Waals surface area contributed by atoms with Crippen molar-refractivity contribution in [3.8, 4) is 11.5 Å². The first-order valence-electron chi connectivity index (χ1n) is 8.26. The predicted molar refractivity (Wildman–Crippen MR) is 89.1 cm³/mol. The van der Waals surface area contributed by atoms with Crippen LogP contribution in [0, 0.1) is 11.8 Å². The molecule has 3 atom stereocenters. The van der Waals surface area contributed by atoms with Gasteiger partial charge in [0, 0.05) is 6.04 Å². The number of esters is 1. The van der Waals surface area contributed by atoms with Gasteiger partial charge in [0.1, 0.15) is 17.1 Å². The van der Waals surface area contributed by atoms with Crippen LogP contribution in [-0.4, -0.2) is 36.7 Å². The molecular formula is C18H25NO5. The van der Waals surface area contributed by atoms with Gasteiger partial charge in [-0.1, -0.05) is 26.7 Å². The lowest BCUT2D eigenvalue weighted by molar-refractivity contribution is -0.125. The molecule has 0 heterocycles. The Kier molecular flexibility index (Phi) is 6.06. The highest BCUT2D eigenvalue weighted by Gasteiger charge is 2.28. The Labute approximate surface area is 142 Å². The van der Waals surface area contributed by atoms with E-state index in [0.29, 0.717) is 17.6 Å². The predicted octanol–water partition coefficient (Wildman–Crippen LogP) is 2.50. The third-order valence-electron chi connectivity index (χ3n) is 4.81. The quantitative estimate of drug-likeness (QED) is 0.808. The molecule has 6 nitrogen and oxygen atoms in total. The molecule has 1 amide bonds. The topological polar surface area (TPSA) is 84.9 Å². The highest BCUT2D eigenvalue weighted by Crippen LogP contribution is 2.29. The summed E-state index contributed by atoms with van der Waals surface area (Å²) in [6.07, 6.45) is 3.22. The molecule has 6 heteroatoms. The van der Waals surface area contributed by atoms with E-state index in [1.807, 2.05) is 0 Å². The molecular weight excluding hydrogens is 310 g/mol. The minimum absolute atomic E-state index is 0.0261. The van der Waals surface area contributed by atoms with Gasteiger partial charge in [-0.2, -0.15) is 0 Å². The molecule has 0 unspecified atom stereocenters. The summed E-state index contributed by atoms with van der Waals surface area (Å²) >= 11 is 0. The molecule has 1 fully saturated rings. The fourth-order valence-corrected chi connectivity index (χ4v) is 3.05. The molecule has 0 saturated heterocycles. The van der Waals surface area contributed by atoms with Gasteiger partial charge in [-0.05, 0) is 36.5 Å². The number of hydrogen-bond donors (Lipinski definition) is 2. The molecule has 1 saturated carbocycles. The van der Waals surface area contributed by atoms with Crippen molar-refractivity contribution in [2.45, 2.75) is 39.2 Å². The Morgan fingerprint density at radius 1 is 1.29 bits per heavy atom. The standard InChI is InChI=1S/C18H25NO5/c1-11-5-4-6-15(12(11)2)19-17(21)10-24-18(22)14-9-13(23-3)7-8-16(14)20/h7-9,11-12,15,20H,4-6,10H2,1-3H3,(H,19,21)/t11-,12+,15+/m0/s1. The van der Waals surface area contributed by atoms with Crippen LogP contribution in [-0.2, 0) is 9.53 Å². The van der Waals surface area contributed by atoms with Crippen LogP contribution in [0.4, 0.5) is 0 Å². The fraction of sp³-hybridized carbons (Fsp3) is 0.556. The van der Waals surface area contributed by atoms with Gasteiger partial charge in [-0.3, -0.25) is 4.79 Å². The average Bonchev–Trinajstić information content (AvgIpc) is 2.57. The van der Waals surface area contributed by atoms with E-state index in [4.69, 9.17) is 9.47 Å². The number of phenolic OH excluding ortho intramolecular Hbond substituents is 1. The van der Waals surface area contributed by atoms with Gasteiger partial charge in [0.15, 0.2) is 6.61 Å². The maximum absolute atomic E-state index is 12.0. The number of carbonyl (C=O) groups is 2. The molecule has 0 aliphatic heterocycles. The van der Waals surface area contributed by atoms with Crippen LogP contribution in [0.1, 0.15) is 43.5 Å². The maximum Gasteiger partial charge on any atom is 0.342 e. The third kappa shape index (κ3) is 4.40. The lowest BCUT2D eigenvalue weighted by Crippen LogP contribution is -2.45. The lowest BCUT2D eigenvalue weighted by atomic mass is 9.78. The summed E-state index contributed by atoms with van der Waals surface area (Å²) in [5.41, 5.74) is -0.0261. The summed E-state index contributed by atoms with van der Waals surface area (Å²) in [5.74, 6) is 0.106. The Bertz CT molecular complexity index is 601. The van der Waals surface area contributed by atoms with E-state index in [1.165, 1.54) is 31.7 Å². The largest absolute Gasteiger partial charge is 0.507 e. The number of hydrogen-bond acceptors (Lipinski definition) is 5. The minimum atomic E-state index is -0.758. The zero-order valence-electron chi connectivity index (χ0n) is 14.4. The minimum Gasteiger partial charge on any atom is -0.507 e. The van der Waals surface area contributed by atoms with Crippen molar-refractivity contribution in [2.75, 3.05) is 13.7 Å². The second-order valence-electron chi connectivity index (χ2n) is 6.40. The second-order valence-corrected chi connectivity index (χ2v) is 6.40. The van der Waals surface area contributed by atoms with E-state index in [-0.39, 0.29) is 29.9 Å². The van der Waals surface area contributed by atoms with Gasteiger partial charge in [0.2, 0.25) is 0 Å². The van der Waals surface area contributed by atoms with E-state index in [1.54, 1.807) is 0 Å². The van der Waals surface area contributed by atoms with E-state index in [0.717, 1.165) is 12.8 Å². The van der Waals surface area contributed by atoms with E-state index >= 15 is 0 Å². The molecule has 24 heavy (non-hydrogen) atoms. The second kappa shape index (κ2) is 8.04. The normalized spacial score (nSPS) is 23.4. The number of phenols is 1. The molecule has 0 radical (unpaired) electrons. The van der Waals surface area contributed by atoms with Gasteiger partial charge >= 0.3 is 5.97 Å². The van der Waals surface area contributed by atoms with Crippen molar-refractivity contribution in [1.82, 2.24) is 5.32 Å². The number of carbonyl (C=O) groups excluding carboxylic acids is 2. The third-order valence-corrected chi connectivity index (χ3v) is 4.81. The Morgan fingerprint density at radius 3 is 2.75 bits per heavy atom. The first kappa shape index (κ1) is 18.1. The lowest BCUT2D eigenvalue weighted by Gasteiger charge is -2.34. The molecule has 1 aromatic carbocycles. The van der Waals surface area contributed by atoms with Crippen LogP contribution in [0.3, 0.4) is 0 Å². The van der Waals surface area contributed by atoms with Crippen LogP contribution in [0.15, 0.2) is 18.2 Å². The molecule has 1 aliphatic carbocycles.